The van der Waals surface area contributed by atoms with Crippen LogP contribution in [0.1, 0.15) is 116 Å². The minimum absolute atomic E-state index is 0.417. The van der Waals surface area contributed by atoms with E-state index < -0.39 is 5.66 Å². The van der Waals surface area contributed by atoms with E-state index in [4.69, 9.17) is 17.2 Å². The molecule has 3 heteroatoms. The minimum Gasteiger partial charge on any atom is -0.330 e. The van der Waals surface area contributed by atoms with Gasteiger partial charge in [-0.3, -0.25) is 0 Å². The molecular weight excluding hydrogens is 282 g/mol. The van der Waals surface area contributed by atoms with Crippen molar-refractivity contribution in [3.63, 3.8) is 0 Å². The highest BCUT2D eigenvalue weighted by molar-refractivity contribution is 4.76. The zero-order valence-electron chi connectivity index (χ0n) is 16.0. The first kappa shape index (κ1) is 22.9. The van der Waals surface area contributed by atoms with Crippen LogP contribution in [0.15, 0.2) is 0 Å². The Bertz CT molecular complexity index is 229. The molecule has 0 bridgehead atoms. The second-order valence-electron chi connectivity index (χ2n) is 7.47. The molecule has 0 spiro atoms. The molecule has 3 nitrogen and oxygen atoms in total. The van der Waals surface area contributed by atoms with E-state index >= 15 is 0 Å². The van der Waals surface area contributed by atoms with Crippen LogP contribution in [-0.4, -0.2) is 12.2 Å². The van der Waals surface area contributed by atoms with Crippen LogP contribution in [0.25, 0.3) is 0 Å². The predicted octanol–water partition coefficient (Wildman–Crippen LogP) is 5.21. The molecule has 0 fully saturated rings. The van der Waals surface area contributed by atoms with Gasteiger partial charge in [0.15, 0.2) is 0 Å². The molecule has 0 aromatic heterocycles. The fourth-order valence-electron chi connectivity index (χ4n) is 3.17. The van der Waals surface area contributed by atoms with Crippen LogP contribution in [0.3, 0.4) is 0 Å². The van der Waals surface area contributed by atoms with Crippen LogP contribution in [0, 0.1) is 0 Å². The van der Waals surface area contributed by atoms with Gasteiger partial charge in [-0.05, 0) is 25.8 Å². The molecule has 0 atom stereocenters. The third-order valence-corrected chi connectivity index (χ3v) is 4.84. The third kappa shape index (κ3) is 18.1. The lowest BCUT2D eigenvalue weighted by Crippen LogP contribution is -2.49. The molecule has 0 radical (unpaired) electrons. The van der Waals surface area contributed by atoms with Gasteiger partial charge in [0.2, 0.25) is 0 Å². The summed E-state index contributed by atoms with van der Waals surface area (Å²) in [5, 5.41) is 0. The maximum absolute atomic E-state index is 6.12. The highest BCUT2D eigenvalue weighted by Crippen LogP contribution is 2.16. The summed E-state index contributed by atoms with van der Waals surface area (Å²) in [5.74, 6) is 0. The van der Waals surface area contributed by atoms with E-state index in [0.29, 0.717) is 0 Å². The first-order valence-electron chi connectivity index (χ1n) is 10.4. The molecule has 0 rings (SSSR count). The van der Waals surface area contributed by atoms with E-state index in [0.717, 1.165) is 25.8 Å². The van der Waals surface area contributed by atoms with E-state index in [-0.39, 0.29) is 0 Å². The van der Waals surface area contributed by atoms with Crippen LogP contribution in [0.4, 0.5) is 0 Å². The van der Waals surface area contributed by atoms with Gasteiger partial charge in [0.05, 0.1) is 5.66 Å². The summed E-state index contributed by atoms with van der Waals surface area (Å²) < 4.78 is 0. The Hall–Kier alpha value is -0.120. The fourth-order valence-corrected chi connectivity index (χ4v) is 3.17. The summed E-state index contributed by atoms with van der Waals surface area (Å²) in [6.45, 7) is 3.05. The van der Waals surface area contributed by atoms with Crippen molar-refractivity contribution in [3.05, 3.63) is 0 Å². The molecule has 23 heavy (non-hydrogen) atoms. The third-order valence-electron chi connectivity index (χ3n) is 4.84. The van der Waals surface area contributed by atoms with Crippen LogP contribution in [-0.2, 0) is 0 Å². The summed E-state index contributed by atoms with van der Waals surface area (Å²) in [5.41, 5.74) is 17.3. The standard InChI is InChI=1S/C20H45N3/c1-2-3-17-20(22,23)18-15-13-11-9-7-5-4-6-8-10-12-14-16-19-21/h2-19,21-23H2,1H3. The first-order chi connectivity index (χ1) is 11.1. The Balaban J connectivity index is 3.16. The fraction of sp³-hybridized carbons (Fsp3) is 1.00. The van der Waals surface area contributed by atoms with Gasteiger partial charge in [-0.25, -0.2) is 0 Å². The molecule has 0 aromatic carbocycles. The van der Waals surface area contributed by atoms with Gasteiger partial charge in [0.1, 0.15) is 0 Å². The van der Waals surface area contributed by atoms with Crippen molar-refractivity contribution in [1.29, 1.82) is 0 Å². The predicted molar refractivity (Wildman–Crippen MR) is 104 cm³/mol. The SMILES string of the molecule is CCCCC(N)(N)CCCCCCCCCCCCCCCN. The second kappa shape index (κ2) is 16.7. The molecule has 0 amide bonds. The Morgan fingerprint density at radius 3 is 1.26 bits per heavy atom. The van der Waals surface area contributed by atoms with Gasteiger partial charge in [0.25, 0.3) is 0 Å². The molecule has 0 heterocycles. The summed E-state index contributed by atoms with van der Waals surface area (Å²) in [4.78, 5) is 0. The summed E-state index contributed by atoms with van der Waals surface area (Å²) in [6, 6.07) is 0. The van der Waals surface area contributed by atoms with Crippen LogP contribution in [0.2, 0.25) is 0 Å². The van der Waals surface area contributed by atoms with E-state index in [1.807, 2.05) is 0 Å². The van der Waals surface area contributed by atoms with Crippen molar-refractivity contribution in [2.45, 2.75) is 122 Å². The van der Waals surface area contributed by atoms with Gasteiger partial charge >= 0.3 is 0 Å². The summed E-state index contributed by atoms with van der Waals surface area (Å²) in [6.07, 6.45) is 21.9. The summed E-state index contributed by atoms with van der Waals surface area (Å²) >= 11 is 0. The monoisotopic (exact) mass is 327 g/mol. The smallest absolute Gasteiger partial charge is 0.0636 e. The largest absolute Gasteiger partial charge is 0.330 e. The van der Waals surface area contributed by atoms with Crippen molar-refractivity contribution in [2.75, 3.05) is 6.54 Å². The molecule has 0 unspecified atom stereocenters. The highest BCUT2D eigenvalue weighted by Gasteiger charge is 2.16. The molecule has 0 saturated carbocycles. The molecule has 140 valence electrons. The maximum atomic E-state index is 6.12. The Morgan fingerprint density at radius 2 is 0.870 bits per heavy atom. The van der Waals surface area contributed by atoms with Gasteiger partial charge in [0, 0.05) is 0 Å². The lowest BCUT2D eigenvalue weighted by molar-refractivity contribution is 0.350. The number of rotatable bonds is 18. The zero-order chi connectivity index (χ0) is 17.2. The van der Waals surface area contributed by atoms with Crippen molar-refractivity contribution < 1.29 is 0 Å². The highest BCUT2D eigenvalue weighted by atomic mass is 14.9. The van der Waals surface area contributed by atoms with Crippen LogP contribution < -0.4 is 17.2 Å². The zero-order valence-corrected chi connectivity index (χ0v) is 16.0. The van der Waals surface area contributed by atoms with E-state index in [2.05, 4.69) is 6.92 Å². The van der Waals surface area contributed by atoms with Crippen molar-refractivity contribution in [3.8, 4) is 0 Å². The maximum Gasteiger partial charge on any atom is 0.0636 e. The minimum atomic E-state index is -0.417. The van der Waals surface area contributed by atoms with Gasteiger partial charge in [-0.1, -0.05) is 96.8 Å². The molecule has 6 N–H and O–H groups in total. The number of nitrogens with two attached hydrogens (primary N) is 3. The van der Waals surface area contributed by atoms with Gasteiger partial charge in [-0.2, -0.15) is 0 Å². The lowest BCUT2D eigenvalue weighted by atomic mass is 9.96. The Kier molecular flexibility index (Phi) is 16.6. The average Bonchev–Trinajstić information content (AvgIpc) is 2.53. The van der Waals surface area contributed by atoms with Crippen LogP contribution >= 0.6 is 0 Å². The number of hydrogen-bond acceptors (Lipinski definition) is 3. The molecule has 0 aromatic rings. The van der Waals surface area contributed by atoms with Gasteiger partial charge in [-0.15, -0.1) is 0 Å². The molecule has 0 saturated heterocycles. The lowest BCUT2D eigenvalue weighted by Gasteiger charge is -2.24. The Labute approximate surface area is 146 Å². The topological polar surface area (TPSA) is 78.1 Å². The average molecular weight is 328 g/mol. The number of hydrogen-bond donors (Lipinski definition) is 3. The normalized spacial score (nSPS) is 12.0. The Morgan fingerprint density at radius 1 is 0.522 bits per heavy atom. The van der Waals surface area contributed by atoms with E-state index in [1.165, 1.54) is 89.9 Å². The quantitative estimate of drug-likeness (QED) is 0.239. The van der Waals surface area contributed by atoms with Crippen molar-refractivity contribution in [2.24, 2.45) is 17.2 Å². The molecule has 0 aliphatic rings. The number of unbranched alkanes of at least 4 members (excludes halogenated alkanes) is 13. The van der Waals surface area contributed by atoms with Crippen LogP contribution in [0.5, 0.6) is 0 Å². The first-order valence-corrected chi connectivity index (χ1v) is 10.4. The van der Waals surface area contributed by atoms with E-state index in [9.17, 15) is 0 Å². The van der Waals surface area contributed by atoms with Crippen molar-refractivity contribution in [1.82, 2.24) is 0 Å². The summed E-state index contributed by atoms with van der Waals surface area (Å²) in [7, 11) is 0. The van der Waals surface area contributed by atoms with Crippen molar-refractivity contribution >= 4 is 0 Å². The molecule has 0 aliphatic carbocycles. The second-order valence-corrected chi connectivity index (χ2v) is 7.47. The van der Waals surface area contributed by atoms with E-state index in [1.54, 1.807) is 0 Å². The molecule has 0 aliphatic heterocycles. The van der Waals surface area contributed by atoms with Gasteiger partial charge < -0.3 is 17.2 Å². The molecular formula is C20H45N3.